The number of Topliss-reactive ketones (excluding diaryl/α,β-unsaturated/α-hetero) is 1. The Morgan fingerprint density at radius 2 is 1.86 bits per heavy atom. The van der Waals surface area contributed by atoms with Gasteiger partial charge in [-0.2, -0.15) is 0 Å². The molecule has 0 amide bonds. The number of nitrogens with one attached hydrogen (secondary N) is 1. The van der Waals surface area contributed by atoms with E-state index in [1.165, 1.54) is 18.2 Å². The highest BCUT2D eigenvalue weighted by Crippen LogP contribution is 2.52. The van der Waals surface area contributed by atoms with Crippen LogP contribution in [0.1, 0.15) is 44.1 Å². The average Bonchev–Trinajstić information content (AvgIpc) is 3.32. The topological polar surface area (TPSA) is 85.4 Å². The van der Waals surface area contributed by atoms with E-state index in [4.69, 9.17) is 16.0 Å². The monoisotopic (exact) mass is 498 g/mol. The smallest absolute Gasteiger partial charge is 0.280 e. The summed E-state index contributed by atoms with van der Waals surface area (Å²) in [5.74, 6) is 0.943. The molecule has 1 atom stereocenters. The lowest BCUT2D eigenvalue weighted by Crippen LogP contribution is -2.33. The molecule has 1 aliphatic heterocycles. The first kappa shape index (κ1) is 22.6. The fraction of sp³-hybridized carbons (Fsp3) is 0.207. The fourth-order valence-electron chi connectivity index (χ4n) is 5.57. The number of carbonyl (C=O) groups is 1. The van der Waals surface area contributed by atoms with Crippen LogP contribution in [0.3, 0.4) is 0 Å². The van der Waals surface area contributed by atoms with Crippen molar-refractivity contribution in [1.29, 1.82) is 0 Å². The van der Waals surface area contributed by atoms with Crippen molar-refractivity contribution in [1.82, 2.24) is 0 Å². The van der Waals surface area contributed by atoms with E-state index in [0.717, 1.165) is 34.0 Å². The van der Waals surface area contributed by atoms with Gasteiger partial charge in [-0.25, -0.2) is 0 Å². The van der Waals surface area contributed by atoms with Crippen LogP contribution in [0.2, 0.25) is 5.02 Å². The molecule has 2 heterocycles. The number of nitro groups is 1. The van der Waals surface area contributed by atoms with Crippen LogP contribution in [0, 0.1) is 15.5 Å². The molecule has 0 saturated heterocycles. The first-order valence-corrected chi connectivity index (χ1v) is 12.2. The highest BCUT2D eigenvalue weighted by Gasteiger charge is 2.41. The minimum absolute atomic E-state index is 0.0871. The number of hydrogen-bond donors (Lipinski definition) is 1. The van der Waals surface area contributed by atoms with Gasteiger partial charge >= 0.3 is 0 Å². The van der Waals surface area contributed by atoms with Crippen molar-refractivity contribution in [2.45, 2.75) is 32.7 Å². The van der Waals surface area contributed by atoms with Gasteiger partial charge in [-0.3, -0.25) is 14.9 Å². The van der Waals surface area contributed by atoms with Crippen molar-refractivity contribution in [3.05, 3.63) is 98.8 Å². The molecule has 0 fully saturated rings. The van der Waals surface area contributed by atoms with E-state index in [2.05, 4.69) is 37.4 Å². The van der Waals surface area contributed by atoms with Crippen molar-refractivity contribution in [3.63, 3.8) is 0 Å². The quantitative estimate of drug-likeness (QED) is 0.228. The Kier molecular flexibility index (Phi) is 5.05. The predicted octanol–water partition coefficient (Wildman–Crippen LogP) is 7.97. The van der Waals surface area contributed by atoms with Gasteiger partial charge in [-0.15, -0.1) is 0 Å². The van der Waals surface area contributed by atoms with Gasteiger partial charge in [0.05, 0.1) is 10.5 Å². The molecule has 36 heavy (non-hydrogen) atoms. The Balaban J connectivity index is 1.53. The second kappa shape index (κ2) is 8.07. The Morgan fingerprint density at radius 3 is 2.67 bits per heavy atom. The summed E-state index contributed by atoms with van der Waals surface area (Å²) in [7, 11) is 0. The molecule has 2 aliphatic rings. The third kappa shape index (κ3) is 3.60. The number of halogens is 1. The summed E-state index contributed by atoms with van der Waals surface area (Å²) in [6.07, 6.45) is 1.21. The van der Waals surface area contributed by atoms with E-state index in [0.29, 0.717) is 34.1 Å². The number of allylic oxidation sites excluding steroid dienone is 1. The molecule has 1 aromatic heterocycles. The van der Waals surface area contributed by atoms with Gasteiger partial charge in [-0.1, -0.05) is 55.8 Å². The van der Waals surface area contributed by atoms with Crippen LogP contribution in [-0.4, -0.2) is 10.7 Å². The van der Waals surface area contributed by atoms with Crippen LogP contribution in [-0.2, 0) is 4.79 Å². The number of benzene rings is 3. The van der Waals surface area contributed by atoms with E-state index in [1.54, 1.807) is 12.1 Å². The second-order valence-corrected chi connectivity index (χ2v) is 10.7. The van der Waals surface area contributed by atoms with Crippen molar-refractivity contribution >= 4 is 45.1 Å². The van der Waals surface area contributed by atoms with Gasteiger partial charge in [0.1, 0.15) is 17.6 Å². The Hall–Kier alpha value is -3.90. The van der Waals surface area contributed by atoms with Crippen molar-refractivity contribution < 1.29 is 14.1 Å². The van der Waals surface area contributed by atoms with Gasteiger partial charge in [0, 0.05) is 34.3 Å². The van der Waals surface area contributed by atoms with Gasteiger partial charge in [-0.05, 0) is 58.5 Å². The summed E-state index contributed by atoms with van der Waals surface area (Å²) in [6, 6.07) is 19.7. The normalized spacial score (nSPS) is 18.5. The molecule has 180 valence electrons. The number of rotatable bonds is 3. The zero-order chi connectivity index (χ0) is 25.2. The number of nitrogens with zero attached hydrogens (tertiary/aromatic N) is 1. The second-order valence-electron chi connectivity index (χ2n) is 10.2. The average molecular weight is 499 g/mol. The van der Waals surface area contributed by atoms with E-state index in [-0.39, 0.29) is 16.9 Å². The molecular weight excluding hydrogens is 476 g/mol. The minimum Gasteiger partial charge on any atom is -0.458 e. The lowest BCUT2D eigenvalue weighted by Gasteiger charge is -2.39. The molecule has 3 aromatic carbocycles. The fourth-order valence-corrected chi connectivity index (χ4v) is 5.74. The molecule has 0 radical (unpaired) electrons. The molecular formula is C29H23ClN2O4. The summed E-state index contributed by atoms with van der Waals surface area (Å²) in [5.41, 5.74) is 3.79. The van der Waals surface area contributed by atoms with Crippen molar-refractivity contribution in [2.75, 3.05) is 5.32 Å². The zero-order valence-corrected chi connectivity index (χ0v) is 20.6. The maximum atomic E-state index is 13.6. The molecule has 1 unspecified atom stereocenters. The number of anilines is 1. The Bertz CT molecular complexity index is 1610. The minimum atomic E-state index is -0.496. The molecule has 1 N–H and O–H groups in total. The summed E-state index contributed by atoms with van der Waals surface area (Å²) in [6.45, 7) is 4.25. The van der Waals surface area contributed by atoms with Gasteiger partial charge in [0.2, 0.25) is 0 Å². The molecule has 6 nitrogen and oxygen atoms in total. The van der Waals surface area contributed by atoms with E-state index < -0.39 is 11.0 Å². The highest BCUT2D eigenvalue weighted by molar-refractivity contribution is 6.31. The first-order valence-electron chi connectivity index (χ1n) is 11.8. The molecule has 4 aromatic rings. The van der Waals surface area contributed by atoms with Crippen molar-refractivity contribution in [2.24, 2.45) is 5.41 Å². The number of carbonyl (C=O) groups excluding carboxylic acids is 1. The maximum absolute atomic E-state index is 13.6. The number of fused-ring (bicyclic) bond motifs is 4. The van der Waals surface area contributed by atoms with Crippen LogP contribution in [0.15, 0.2) is 76.7 Å². The van der Waals surface area contributed by atoms with Crippen LogP contribution in [0.5, 0.6) is 0 Å². The van der Waals surface area contributed by atoms with Crippen LogP contribution in [0.4, 0.5) is 11.4 Å². The number of nitro benzene ring substituents is 1. The number of ketones is 1. The first-order chi connectivity index (χ1) is 17.2. The van der Waals surface area contributed by atoms with E-state index >= 15 is 0 Å². The molecule has 0 bridgehead atoms. The summed E-state index contributed by atoms with van der Waals surface area (Å²) < 4.78 is 6.19. The molecule has 6 rings (SSSR count). The van der Waals surface area contributed by atoms with Crippen molar-refractivity contribution in [3.8, 4) is 11.3 Å². The maximum Gasteiger partial charge on any atom is 0.280 e. The Morgan fingerprint density at radius 1 is 1.06 bits per heavy atom. The van der Waals surface area contributed by atoms with Gasteiger partial charge < -0.3 is 9.73 Å². The lowest BCUT2D eigenvalue weighted by atomic mass is 9.68. The van der Waals surface area contributed by atoms with E-state index in [1.807, 2.05) is 18.2 Å². The predicted molar refractivity (Wildman–Crippen MR) is 141 cm³/mol. The lowest BCUT2D eigenvalue weighted by molar-refractivity contribution is -0.384. The standard InChI is InChI=1S/C29H23ClN2O4/c1-29(2)14-20-26-18-6-4-3-5-16(18)7-9-21(26)31-28(27(20)23(33)15-29)25-12-11-24(36-25)19-13-17(30)8-10-22(19)32(34)35/h3-13,28,31H,14-15H2,1-2H3. The Labute approximate surface area is 212 Å². The van der Waals surface area contributed by atoms with E-state index in [9.17, 15) is 14.9 Å². The third-order valence-corrected chi connectivity index (χ3v) is 7.31. The molecule has 0 spiro atoms. The molecule has 1 aliphatic carbocycles. The summed E-state index contributed by atoms with van der Waals surface area (Å²) in [4.78, 5) is 24.7. The molecule has 0 saturated carbocycles. The number of furan rings is 1. The number of hydrogen-bond acceptors (Lipinski definition) is 5. The molecule has 7 heteroatoms. The largest absolute Gasteiger partial charge is 0.458 e. The third-order valence-electron chi connectivity index (χ3n) is 7.07. The van der Waals surface area contributed by atoms with Crippen LogP contribution < -0.4 is 5.32 Å². The highest BCUT2D eigenvalue weighted by atomic mass is 35.5. The SMILES string of the molecule is CC1(C)CC(=O)C2=C(C1)c1c(ccc3ccccc13)NC2c1ccc(-c2cc(Cl)ccc2[N+](=O)[O-])o1. The van der Waals surface area contributed by atoms with Crippen LogP contribution in [0.25, 0.3) is 27.7 Å². The summed E-state index contributed by atoms with van der Waals surface area (Å²) in [5, 5.41) is 17.7. The zero-order valence-electron chi connectivity index (χ0n) is 19.8. The van der Waals surface area contributed by atoms with Gasteiger partial charge in [0.25, 0.3) is 5.69 Å². The summed E-state index contributed by atoms with van der Waals surface area (Å²) >= 11 is 6.14. The van der Waals surface area contributed by atoms with Crippen LogP contribution >= 0.6 is 11.6 Å². The van der Waals surface area contributed by atoms with Gasteiger partial charge in [0.15, 0.2) is 5.78 Å².